The van der Waals surface area contributed by atoms with Gasteiger partial charge in [-0.25, -0.2) is 0 Å². The lowest BCUT2D eigenvalue weighted by Gasteiger charge is -2.16. The van der Waals surface area contributed by atoms with E-state index in [0.717, 1.165) is 5.56 Å². The quantitative estimate of drug-likeness (QED) is 0.570. The number of hydrogen-bond donors (Lipinski definition) is 1. The zero-order valence-electron chi connectivity index (χ0n) is 17.7. The summed E-state index contributed by atoms with van der Waals surface area (Å²) in [6.07, 6.45) is 0.979. The van der Waals surface area contributed by atoms with Crippen molar-refractivity contribution in [3.8, 4) is 22.9 Å². The number of aromatic nitrogens is 2. The molecule has 1 unspecified atom stereocenters. The van der Waals surface area contributed by atoms with E-state index in [1.165, 1.54) is 0 Å². The molecule has 1 heterocycles. The van der Waals surface area contributed by atoms with E-state index in [-0.39, 0.29) is 11.8 Å². The van der Waals surface area contributed by atoms with Crippen LogP contribution in [0.5, 0.6) is 11.5 Å². The van der Waals surface area contributed by atoms with Gasteiger partial charge in [-0.05, 0) is 23.6 Å². The summed E-state index contributed by atoms with van der Waals surface area (Å²) in [5.74, 6) is 2.22. The Morgan fingerprint density at radius 3 is 2.33 bits per heavy atom. The van der Waals surface area contributed by atoms with Gasteiger partial charge >= 0.3 is 0 Å². The van der Waals surface area contributed by atoms with Gasteiger partial charge in [0.05, 0.1) is 14.2 Å². The Labute approximate surface area is 176 Å². The van der Waals surface area contributed by atoms with E-state index in [2.05, 4.69) is 15.5 Å². The van der Waals surface area contributed by atoms with Crippen LogP contribution in [0, 0.1) is 5.92 Å². The summed E-state index contributed by atoms with van der Waals surface area (Å²) in [4.78, 5) is 17.0. The Hall–Kier alpha value is -3.35. The largest absolute Gasteiger partial charge is 0.497 e. The first-order valence-electron chi connectivity index (χ1n) is 9.88. The van der Waals surface area contributed by atoms with Gasteiger partial charge in [0.1, 0.15) is 17.5 Å². The van der Waals surface area contributed by atoms with Crippen molar-refractivity contribution in [2.75, 3.05) is 14.2 Å². The zero-order chi connectivity index (χ0) is 21.5. The molecular weight excluding hydrogens is 382 g/mol. The normalized spacial score (nSPS) is 11.9. The maximum absolute atomic E-state index is 12.4. The number of benzene rings is 2. The minimum absolute atomic E-state index is 0.0475. The number of methoxy groups -OCH3 is 2. The van der Waals surface area contributed by atoms with Gasteiger partial charge in [-0.2, -0.15) is 4.98 Å². The third kappa shape index (κ3) is 5.59. The molecule has 3 aromatic rings. The van der Waals surface area contributed by atoms with E-state index in [1.807, 2.05) is 44.2 Å². The molecule has 0 aliphatic rings. The second-order valence-corrected chi connectivity index (χ2v) is 7.47. The van der Waals surface area contributed by atoms with Crippen LogP contribution in [0.3, 0.4) is 0 Å². The molecule has 1 N–H and O–H groups in total. The van der Waals surface area contributed by atoms with Crippen LogP contribution < -0.4 is 14.8 Å². The Bertz CT molecular complexity index is 947. The average molecular weight is 409 g/mol. The first kappa shape index (κ1) is 21.4. The minimum atomic E-state index is -0.424. The van der Waals surface area contributed by atoms with E-state index in [4.69, 9.17) is 14.0 Å². The fourth-order valence-electron chi connectivity index (χ4n) is 3.10. The average Bonchev–Trinajstić information content (AvgIpc) is 3.23. The van der Waals surface area contributed by atoms with Crippen LogP contribution >= 0.6 is 0 Å². The van der Waals surface area contributed by atoms with E-state index >= 15 is 0 Å². The summed E-state index contributed by atoms with van der Waals surface area (Å²) >= 11 is 0. The van der Waals surface area contributed by atoms with Crippen LogP contribution in [0.25, 0.3) is 11.4 Å². The van der Waals surface area contributed by atoms with Crippen LogP contribution in [0.15, 0.2) is 53.1 Å². The maximum Gasteiger partial charge on any atom is 0.249 e. The number of hydrogen-bond acceptors (Lipinski definition) is 6. The van der Waals surface area contributed by atoms with Gasteiger partial charge in [0.25, 0.3) is 0 Å². The molecule has 158 valence electrons. The molecule has 0 radical (unpaired) electrons. The molecule has 1 atom stereocenters. The topological polar surface area (TPSA) is 86.5 Å². The van der Waals surface area contributed by atoms with Crippen molar-refractivity contribution in [3.63, 3.8) is 0 Å². The predicted molar refractivity (Wildman–Crippen MR) is 113 cm³/mol. The summed E-state index contributed by atoms with van der Waals surface area (Å²) in [7, 11) is 3.17. The molecule has 0 bridgehead atoms. The number of ether oxygens (including phenoxy) is 2. The van der Waals surface area contributed by atoms with Gasteiger partial charge in [0.15, 0.2) is 0 Å². The minimum Gasteiger partial charge on any atom is -0.497 e. The van der Waals surface area contributed by atoms with E-state index < -0.39 is 6.04 Å². The second-order valence-electron chi connectivity index (χ2n) is 7.47. The molecule has 3 rings (SSSR count). The van der Waals surface area contributed by atoms with Crippen molar-refractivity contribution in [2.24, 2.45) is 5.92 Å². The van der Waals surface area contributed by atoms with Crippen molar-refractivity contribution in [1.29, 1.82) is 0 Å². The lowest BCUT2D eigenvalue weighted by Crippen LogP contribution is -2.31. The molecule has 0 saturated carbocycles. The first-order valence-corrected chi connectivity index (χ1v) is 9.88. The summed E-state index contributed by atoms with van der Waals surface area (Å²) in [6, 6.07) is 14.9. The molecule has 7 nitrogen and oxygen atoms in total. The number of amides is 1. The fraction of sp³-hybridized carbons (Fsp3) is 0.348. The third-order valence-electron chi connectivity index (χ3n) is 4.56. The number of nitrogens with one attached hydrogen (secondary N) is 1. The number of carbonyl (C=O) groups is 1. The standard InChI is InChI=1S/C23H27N3O4/c1-15(2)10-21(27)24-20(11-16-8-6-5-7-9-16)23-25-22(26-30-23)17-12-18(28-3)14-19(13-17)29-4/h5-9,12-15,20H,10-11H2,1-4H3,(H,24,27). The smallest absolute Gasteiger partial charge is 0.249 e. The maximum atomic E-state index is 12.4. The number of carbonyl (C=O) groups excluding carboxylic acids is 1. The number of rotatable bonds is 9. The molecule has 1 amide bonds. The molecule has 1 aromatic heterocycles. The Morgan fingerprint density at radius 2 is 1.73 bits per heavy atom. The van der Waals surface area contributed by atoms with E-state index in [1.54, 1.807) is 32.4 Å². The Morgan fingerprint density at radius 1 is 1.07 bits per heavy atom. The second kappa shape index (κ2) is 9.91. The molecule has 0 spiro atoms. The van der Waals surface area contributed by atoms with Gasteiger partial charge < -0.3 is 19.3 Å². The van der Waals surface area contributed by atoms with Crippen LogP contribution in [0.2, 0.25) is 0 Å². The van der Waals surface area contributed by atoms with E-state index in [0.29, 0.717) is 41.6 Å². The highest BCUT2D eigenvalue weighted by Crippen LogP contribution is 2.29. The molecule has 0 saturated heterocycles. The van der Waals surface area contributed by atoms with Gasteiger partial charge in [-0.1, -0.05) is 49.3 Å². The van der Waals surface area contributed by atoms with Crippen LogP contribution in [-0.2, 0) is 11.2 Å². The van der Waals surface area contributed by atoms with Gasteiger partial charge in [-0.3, -0.25) is 4.79 Å². The molecule has 30 heavy (non-hydrogen) atoms. The van der Waals surface area contributed by atoms with Crippen molar-refractivity contribution in [2.45, 2.75) is 32.7 Å². The summed E-state index contributed by atoms with van der Waals surface area (Å²) in [6.45, 7) is 4.01. The van der Waals surface area contributed by atoms with Gasteiger partial charge in [0.2, 0.25) is 17.6 Å². The molecule has 0 aliphatic carbocycles. The highest BCUT2D eigenvalue weighted by molar-refractivity contribution is 5.76. The lowest BCUT2D eigenvalue weighted by atomic mass is 10.0. The predicted octanol–water partition coefficient (Wildman–Crippen LogP) is 4.20. The van der Waals surface area contributed by atoms with Crippen molar-refractivity contribution in [3.05, 3.63) is 60.0 Å². The van der Waals surface area contributed by atoms with Crippen molar-refractivity contribution in [1.82, 2.24) is 15.5 Å². The highest BCUT2D eigenvalue weighted by Gasteiger charge is 2.23. The van der Waals surface area contributed by atoms with E-state index in [9.17, 15) is 4.79 Å². The van der Waals surface area contributed by atoms with Gasteiger partial charge in [0, 0.05) is 24.5 Å². The summed E-state index contributed by atoms with van der Waals surface area (Å²) < 4.78 is 16.2. The molecule has 7 heteroatoms. The molecular formula is C23H27N3O4. The lowest BCUT2D eigenvalue weighted by molar-refractivity contribution is -0.122. The summed E-state index contributed by atoms with van der Waals surface area (Å²) in [5.41, 5.74) is 1.77. The molecule has 0 aliphatic heterocycles. The Balaban J connectivity index is 1.89. The summed E-state index contributed by atoms with van der Waals surface area (Å²) in [5, 5.41) is 7.16. The van der Waals surface area contributed by atoms with Crippen molar-refractivity contribution >= 4 is 5.91 Å². The van der Waals surface area contributed by atoms with Crippen LogP contribution in [0.4, 0.5) is 0 Å². The van der Waals surface area contributed by atoms with Crippen molar-refractivity contribution < 1.29 is 18.8 Å². The van der Waals surface area contributed by atoms with Crippen LogP contribution in [-0.4, -0.2) is 30.3 Å². The highest BCUT2D eigenvalue weighted by atomic mass is 16.5. The SMILES string of the molecule is COc1cc(OC)cc(-c2noc(C(Cc3ccccc3)NC(=O)CC(C)C)n2)c1. The monoisotopic (exact) mass is 409 g/mol. The number of nitrogens with zero attached hydrogens (tertiary/aromatic N) is 2. The fourth-order valence-corrected chi connectivity index (χ4v) is 3.10. The van der Waals surface area contributed by atoms with Crippen LogP contribution in [0.1, 0.15) is 37.8 Å². The zero-order valence-corrected chi connectivity index (χ0v) is 17.7. The third-order valence-corrected chi connectivity index (χ3v) is 4.56. The van der Waals surface area contributed by atoms with Gasteiger partial charge in [-0.15, -0.1) is 0 Å². The molecule has 2 aromatic carbocycles. The first-order chi connectivity index (χ1) is 14.5. The Kier molecular flexibility index (Phi) is 7.06. The molecule has 0 fully saturated rings.